The Kier molecular flexibility index (Phi) is 17.3. The van der Waals surface area contributed by atoms with Gasteiger partial charge in [0.15, 0.2) is 0 Å². The number of piperidine rings is 4. The maximum atomic E-state index is 12.1. The van der Waals surface area contributed by atoms with Crippen molar-refractivity contribution in [1.82, 2.24) is 29.4 Å². The van der Waals surface area contributed by atoms with E-state index in [4.69, 9.17) is 9.47 Å². The fraction of sp³-hybridized carbons (Fsp3) is 0.983. The molecule has 7 saturated heterocycles. The van der Waals surface area contributed by atoms with Gasteiger partial charge in [-0.3, -0.25) is 29.4 Å². The van der Waals surface area contributed by atoms with Crippen LogP contribution < -0.4 is 0 Å². The monoisotopic (exact) mass is 969 g/mol. The summed E-state index contributed by atoms with van der Waals surface area (Å²) in [5, 5.41) is 0. The van der Waals surface area contributed by atoms with E-state index < -0.39 is 0 Å². The third-order valence-corrected chi connectivity index (χ3v) is 18.8. The average molecular weight is 970 g/mol. The average Bonchev–Trinajstić information content (AvgIpc) is 3.64. The van der Waals surface area contributed by atoms with E-state index in [1.54, 1.807) is 0 Å². The van der Waals surface area contributed by atoms with Crippen molar-refractivity contribution >= 4 is 6.09 Å². The first-order chi connectivity index (χ1) is 31.0. The fourth-order valence-electron chi connectivity index (χ4n) is 13.2. The summed E-state index contributed by atoms with van der Waals surface area (Å²) in [5.74, 6) is 3.75. The van der Waals surface area contributed by atoms with Crippen LogP contribution in [0.5, 0.6) is 0 Å². The molecule has 0 aromatic rings. The highest BCUT2D eigenvalue weighted by molar-refractivity contribution is 5.71. The lowest BCUT2D eigenvalue weighted by atomic mass is 9.74. The molecular weight excluding hydrogens is 853 g/mol. The Labute approximate surface area is 428 Å². The molecule has 0 bridgehead atoms. The molecular formula is C60H116N6O3. The second kappa shape index (κ2) is 20.3. The van der Waals surface area contributed by atoms with E-state index in [0.717, 1.165) is 62.8 Å². The summed E-state index contributed by atoms with van der Waals surface area (Å²) in [6.45, 7) is 69.3. The highest BCUT2D eigenvalue weighted by Gasteiger charge is 2.61. The number of likely N-dealkylation sites (tertiary alicyclic amines) is 5. The Balaban J connectivity index is 0.000000173. The van der Waals surface area contributed by atoms with Crippen molar-refractivity contribution < 1.29 is 14.3 Å². The second-order valence-electron chi connectivity index (χ2n) is 32.2. The number of carbonyl (C=O) groups excluding carboxylic acids is 1. The number of hydrogen-bond donors (Lipinski definition) is 0. The normalized spacial score (nSPS) is 29.6. The van der Waals surface area contributed by atoms with Gasteiger partial charge in [0.1, 0.15) is 5.60 Å². The lowest BCUT2D eigenvalue weighted by molar-refractivity contribution is -0.0593. The van der Waals surface area contributed by atoms with Crippen molar-refractivity contribution in [3.05, 3.63) is 0 Å². The Morgan fingerprint density at radius 1 is 0.420 bits per heavy atom. The molecule has 3 unspecified atom stereocenters. The van der Waals surface area contributed by atoms with Crippen LogP contribution in [-0.2, 0) is 9.47 Å². The smallest absolute Gasteiger partial charge is 0.410 e. The van der Waals surface area contributed by atoms with Crippen LogP contribution in [0.1, 0.15) is 218 Å². The van der Waals surface area contributed by atoms with E-state index in [9.17, 15) is 4.79 Å². The summed E-state index contributed by atoms with van der Waals surface area (Å²) in [5.41, 5.74) is 2.98. The lowest BCUT2D eigenvalue weighted by Crippen LogP contribution is -2.53. The van der Waals surface area contributed by atoms with Gasteiger partial charge in [-0.1, -0.05) is 41.5 Å². The molecule has 9 nitrogen and oxygen atoms in total. The Hall–Kier alpha value is -0.970. The number of rotatable bonds is 0. The summed E-state index contributed by atoms with van der Waals surface area (Å²) in [4.78, 5) is 27.0. The maximum absolute atomic E-state index is 12.1. The van der Waals surface area contributed by atoms with E-state index in [1.165, 1.54) is 90.9 Å². The second-order valence-corrected chi connectivity index (χ2v) is 32.2. The van der Waals surface area contributed by atoms with Crippen LogP contribution in [0.2, 0.25) is 0 Å². The zero-order valence-corrected chi connectivity index (χ0v) is 50.4. The molecule has 1 amide bonds. The molecule has 3 spiro atoms. The number of ether oxygens (including phenoxy) is 2. The number of carbonyl (C=O) groups is 1. The molecule has 0 radical (unpaired) electrons. The van der Waals surface area contributed by atoms with E-state index in [-0.39, 0.29) is 28.4 Å². The van der Waals surface area contributed by atoms with Gasteiger partial charge in [-0.05, 0) is 223 Å². The summed E-state index contributed by atoms with van der Waals surface area (Å²) in [6.07, 6.45) is 9.68. The van der Waals surface area contributed by atoms with Crippen LogP contribution in [0.25, 0.3) is 0 Å². The van der Waals surface area contributed by atoms with Crippen LogP contribution in [0.4, 0.5) is 4.79 Å². The van der Waals surface area contributed by atoms with Crippen molar-refractivity contribution in [3.8, 4) is 0 Å². The summed E-state index contributed by atoms with van der Waals surface area (Å²) in [6, 6.07) is 0. The van der Waals surface area contributed by atoms with Crippen LogP contribution >= 0.6 is 0 Å². The molecule has 7 aliphatic heterocycles. The highest BCUT2D eigenvalue weighted by atomic mass is 16.6. The zero-order chi connectivity index (χ0) is 52.4. The zero-order valence-electron chi connectivity index (χ0n) is 50.4. The topological polar surface area (TPSA) is 55.0 Å². The van der Waals surface area contributed by atoms with Crippen LogP contribution in [0.15, 0.2) is 0 Å². The largest absolute Gasteiger partial charge is 0.441 e. The van der Waals surface area contributed by atoms with Crippen molar-refractivity contribution in [2.24, 2.45) is 39.9 Å². The number of amides is 1. The third-order valence-electron chi connectivity index (χ3n) is 18.8. The van der Waals surface area contributed by atoms with Crippen LogP contribution in [0, 0.1) is 39.9 Å². The van der Waals surface area contributed by atoms with Gasteiger partial charge in [0.25, 0.3) is 0 Å². The molecule has 1 saturated carbocycles. The van der Waals surface area contributed by atoms with Gasteiger partial charge in [0.05, 0.1) is 18.8 Å². The molecule has 9 heteroatoms. The highest BCUT2D eigenvalue weighted by Crippen LogP contribution is 2.60. The number of nitrogens with zero attached hydrogens (tertiary/aromatic N) is 6. The van der Waals surface area contributed by atoms with E-state index in [2.05, 4.69) is 191 Å². The summed E-state index contributed by atoms with van der Waals surface area (Å²) >= 11 is 0. The van der Waals surface area contributed by atoms with E-state index in [0.29, 0.717) is 38.4 Å². The predicted molar refractivity (Wildman–Crippen MR) is 293 cm³/mol. The number of hydrogen-bond acceptors (Lipinski definition) is 8. The molecule has 8 aliphatic rings. The minimum atomic E-state index is -0.244. The van der Waals surface area contributed by atoms with Gasteiger partial charge in [-0.2, -0.15) is 0 Å². The molecule has 0 N–H and O–H groups in total. The van der Waals surface area contributed by atoms with Gasteiger partial charge in [-0.15, -0.1) is 0 Å². The molecule has 69 heavy (non-hydrogen) atoms. The first-order valence-corrected chi connectivity index (χ1v) is 28.4. The van der Waals surface area contributed by atoms with Gasteiger partial charge in [-0.25, -0.2) is 4.79 Å². The standard InChI is InChI=1S/C16H32N2.C16H31NO.C15H28N2O2.C13H25N/c1-14(2,3)17-10-7-16(8-11-17)9-12-18(13-16)15(4,5)6;1-14(2,3)13-11-16(18-12-13)7-9-17(10-8-16)15(4,5)6;1-13(2,3)16-9-7-15(8-10-16)11-17(12(18)19-15)14(4,5)6;1-12(2,3)11-9-7-14(8-10(9)11)13(4,5)6/h7-13H2,1-6H3;13H,7-12H2,1-6H3;7-11H2,1-6H3;9-11H,7-8H2,1-6H3. The number of fused-ring (bicyclic) bond motifs is 1. The maximum Gasteiger partial charge on any atom is 0.410 e. The third kappa shape index (κ3) is 15.1. The lowest BCUT2D eigenvalue weighted by Gasteiger charge is -2.45. The van der Waals surface area contributed by atoms with Gasteiger partial charge >= 0.3 is 6.09 Å². The predicted octanol–water partition coefficient (Wildman–Crippen LogP) is 13.0. The van der Waals surface area contributed by atoms with Crippen LogP contribution in [0.3, 0.4) is 0 Å². The van der Waals surface area contributed by atoms with Crippen molar-refractivity contribution in [1.29, 1.82) is 0 Å². The molecule has 3 atom stereocenters. The van der Waals surface area contributed by atoms with E-state index in [1.807, 2.05) is 4.90 Å². The van der Waals surface area contributed by atoms with E-state index >= 15 is 0 Å². The fourth-order valence-corrected chi connectivity index (χ4v) is 13.2. The van der Waals surface area contributed by atoms with Crippen molar-refractivity contribution in [2.45, 2.75) is 262 Å². The summed E-state index contributed by atoms with van der Waals surface area (Å²) < 4.78 is 12.0. The quantitative estimate of drug-likeness (QED) is 0.238. The Bertz CT molecular complexity index is 1580. The Morgan fingerprint density at radius 2 is 0.783 bits per heavy atom. The van der Waals surface area contributed by atoms with Crippen molar-refractivity contribution in [3.63, 3.8) is 0 Å². The molecule has 0 aromatic carbocycles. The minimum Gasteiger partial charge on any atom is -0.441 e. The van der Waals surface area contributed by atoms with Crippen LogP contribution in [-0.4, -0.2) is 159 Å². The minimum absolute atomic E-state index is 0.142. The van der Waals surface area contributed by atoms with Crippen molar-refractivity contribution in [2.75, 3.05) is 78.6 Å². The molecule has 8 fully saturated rings. The molecule has 7 heterocycles. The molecule has 1 aliphatic carbocycles. The van der Waals surface area contributed by atoms with Gasteiger partial charge in [0.2, 0.25) is 0 Å². The SMILES string of the molecule is CC(C)(C)C1C2CN(C(C)(C)C)CC21.CC(C)(C)C1COC2(CCN(C(C)(C)C)CC2)C1.CC(C)(C)N1CCC2(CC1)CCN(C(C)(C)C)C2.CC(C)(C)N1CCC2(CC1)CN(C(C)(C)C)C(=O)O2. The first kappa shape index (κ1) is 58.9. The van der Waals surface area contributed by atoms with Gasteiger partial charge in [0, 0.05) is 91.9 Å². The van der Waals surface area contributed by atoms with Gasteiger partial charge < -0.3 is 9.47 Å². The summed E-state index contributed by atoms with van der Waals surface area (Å²) in [7, 11) is 0. The molecule has 0 aromatic heterocycles. The first-order valence-electron chi connectivity index (χ1n) is 28.4. The molecule has 404 valence electrons. The Morgan fingerprint density at radius 3 is 1.09 bits per heavy atom. The molecule has 8 rings (SSSR count).